The summed E-state index contributed by atoms with van der Waals surface area (Å²) in [6.07, 6.45) is 1.68. The van der Waals surface area contributed by atoms with E-state index in [0.29, 0.717) is 21.9 Å². The quantitative estimate of drug-likeness (QED) is 0.810. The van der Waals surface area contributed by atoms with Crippen molar-refractivity contribution in [2.24, 2.45) is 0 Å². The van der Waals surface area contributed by atoms with Crippen molar-refractivity contribution in [1.29, 1.82) is 0 Å². The van der Waals surface area contributed by atoms with E-state index < -0.39 is 0 Å². The summed E-state index contributed by atoms with van der Waals surface area (Å²) in [6, 6.07) is 7.46. The van der Waals surface area contributed by atoms with Gasteiger partial charge in [0, 0.05) is 15.9 Å². The third-order valence-electron chi connectivity index (χ3n) is 2.22. The summed E-state index contributed by atoms with van der Waals surface area (Å²) >= 11 is 9.32. The highest BCUT2D eigenvalue weighted by Crippen LogP contribution is 2.28. The van der Waals surface area contributed by atoms with Crippen LogP contribution in [-0.2, 0) is 5.33 Å². The minimum Gasteiger partial charge on any atom is -0.479 e. The van der Waals surface area contributed by atoms with E-state index in [-0.39, 0.29) is 0 Å². The van der Waals surface area contributed by atoms with Crippen molar-refractivity contribution in [3.05, 3.63) is 41.2 Å². The molecule has 1 aromatic heterocycles. The molecule has 0 aliphatic rings. The molecule has 17 heavy (non-hydrogen) atoms. The van der Waals surface area contributed by atoms with E-state index in [4.69, 9.17) is 16.3 Å². The Labute approximate surface area is 113 Å². The average Bonchev–Trinajstić information content (AvgIpc) is 2.38. The van der Waals surface area contributed by atoms with Gasteiger partial charge >= 0.3 is 0 Å². The first-order chi connectivity index (χ1) is 8.24. The van der Waals surface area contributed by atoms with Gasteiger partial charge in [0.05, 0.1) is 19.0 Å². The van der Waals surface area contributed by atoms with Crippen LogP contribution < -0.4 is 4.74 Å². The number of rotatable bonds is 3. The number of aromatic nitrogens is 2. The van der Waals surface area contributed by atoms with Crippen LogP contribution in [0.1, 0.15) is 5.69 Å². The van der Waals surface area contributed by atoms with Crippen LogP contribution in [0.3, 0.4) is 0 Å². The standard InChI is InChI=1S/C12H10BrClN2O/c1-17-12-11(16-10(6-13)7-15-12)8-3-2-4-9(14)5-8/h2-5,7H,6H2,1H3. The van der Waals surface area contributed by atoms with Crippen molar-refractivity contribution in [3.8, 4) is 17.1 Å². The van der Waals surface area contributed by atoms with E-state index in [0.717, 1.165) is 11.3 Å². The molecule has 0 saturated heterocycles. The van der Waals surface area contributed by atoms with Crippen LogP contribution in [0.2, 0.25) is 5.02 Å². The monoisotopic (exact) mass is 312 g/mol. The minimum atomic E-state index is 0.497. The second kappa shape index (κ2) is 5.47. The highest BCUT2D eigenvalue weighted by molar-refractivity contribution is 9.08. The summed E-state index contributed by atoms with van der Waals surface area (Å²) < 4.78 is 5.21. The van der Waals surface area contributed by atoms with E-state index in [1.165, 1.54) is 0 Å². The Morgan fingerprint density at radius 1 is 1.41 bits per heavy atom. The van der Waals surface area contributed by atoms with Crippen LogP contribution in [0, 0.1) is 0 Å². The number of ether oxygens (including phenoxy) is 1. The lowest BCUT2D eigenvalue weighted by molar-refractivity contribution is 0.397. The predicted molar refractivity (Wildman–Crippen MR) is 71.7 cm³/mol. The molecule has 2 aromatic rings. The molecule has 3 nitrogen and oxygen atoms in total. The molecule has 88 valence electrons. The summed E-state index contributed by atoms with van der Waals surface area (Å²) in [5, 5.41) is 1.31. The second-order valence-corrected chi connectivity index (χ2v) is 4.36. The molecule has 0 spiro atoms. The van der Waals surface area contributed by atoms with Crippen molar-refractivity contribution in [1.82, 2.24) is 9.97 Å². The maximum absolute atomic E-state index is 5.97. The summed E-state index contributed by atoms with van der Waals surface area (Å²) in [5.74, 6) is 0.497. The molecular weight excluding hydrogens is 304 g/mol. The molecular formula is C12H10BrClN2O. The van der Waals surface area contributed by atoms with Crippen molar-refractivity contribution in [2.75, 3.05) is 7.11 Å². The fourth-order valence-electron chi connectivity index (χ4n) is 1.45. The van der Waals surface area contributed by atoms with Crippen LogP contribution in [0.25, 0.3) is 11.3 Å². The largest absolute Gasteiger partial charge is 0.479 e. The van der Waals surface area contributed by atoms with Crippen LogP contribution >= 0.6 is 27.5 Å². The number of halogens is 2. The first kappa shape index (κ1) is 12.3. The molecule has 1 aromatic carbocycles. The molecule has 0 saturated carbocycles. The fraction of sp³-hybridized carbons (Fsp3) is 0.167. The first-order valence-electron chi connectivity index (χ1n) is 4.96. The van der Waals surface area contributed by atoms with E-state index in [9.17, 15) is 0 Å². The Balaban J connectivity index is 2.56. The van der Waals surface area contributed by atoms with E-state index in [1.807, 2.05) is 24.3 Å². The van der Waals surface area contributed by atoms with Gasteiger partial charge in [-0.25, -0.2) is 9.97 Å². The highest BCUT2D eigenvalue weighted by atomic mass is 79.9. The molecule has 0 fully saturated rings. The Hall–Kier alpha value is -1.13. The second-order valence-electron chi connectivity index (χ2n) is 3.36. The Kier molecular flexibility index (Phi) is 3.97. The molecule has 0 aliphatic heterocycles. The molecule has 5 heteroatoms. The van der Waals surface area contributed by atoms with Gasteiger partial charge in [-0.15, -0.1) is 0 Å². The lowest BCUT2D eigenvalue weighted by atomic mass is 10.1. The van der Waals surface area contributed by atoms with Crippen LogP contribution in [-0.4, -0.2) is 17.1 Å². The Morgan fingerprint density at radius 3 is 2.88 bits per heavy atom. The molecule has 0 aliphatic carbocycles. The summed E-state index contributed by atoms with van der Waals surface area (Å²) in [4.78, 5) is 8.70. The van der Waals surface area contributed by atoms with Gasteiger partial charge in [-0.1, -0.05) is 39.7 Å². The topological polar surface area (TPSA) is 35.0 Å². The van der Waals surface area contributed by atoms with Crippen molar-refractivity contribution in [3.63, 3.8) is 0 Å². The third kappa shape index (κ3) is 2.76. The van der Waals surface area contributed by atoms with Gasteiger partial charge in [0.2, 0.25) is 5.88 Å². The molecule has 2 rings (SSSR count). The Bertz CT molecular complexity index is 534. The zero-order valence-electron chi connectivity index (χ0n) is 9.15. The third-order valence-corrected chi connectivity index (χ3v) is 3.03. The van der Waals surface area contributed by atoms with Crippen molar-refractivity contribution >= 4 is 27.5 Å². The molecule has 0 radical (unpaired) electrons. The van der Waals surface area contributed by atoms with Gasteiger partial charge in [0.15, 0.2) is 0 Å². The van der Waals surface area contributed by atoms with Gasteiger partial charge in [-0.05, 0) is 12.1 Å². The number of methoxy groups -OCH3 is 1. The smallest absolute Gasteiger partial charge is 0.240 e. The number of alkyl halides is 1. The minimum absolute atomic E-state index is 0.497. The van der Waals surface area contributed by atoms with Crippen LogP contribution in [0.5, 0.6) is 5.88 Å². The lowest BCUT2D eigenvalue weighted by Gasteiger charge is -2.08. The maximum Gasteiger partial charge on any atom is 0.240 e. The molecule has 0 unspecified atom stereocenters. The van der Waals surface area contributed by atoms with Crippen LogP contribution in [0.4, 0.5) is 0 Å². The summed E-state index contributed by atoms with van der Waals surface area (Å²) in [6.45, 7) is 0. The van der Waals surface area contributed by atoms with Crippen molar-refractivity contribution in [2.45, 2.75) is 5.33 Å². The zero-order valence-corrected chi connectivity index (χ0v) is 11.5. The maximum atomic E-state index is 5.97. The van der Waals surface area contributed by atoms with E-state index in [1.54, 1.807) is 13.3 Å². The van der Waals surface area contributed by atoms with Gasteiger partial charge in [-0.2, -0.15) is 0 Å². The average molecular weight is 314 g/mol. The predicted octanol–water partition coefficient (Wildman–Crippen LogP) is 3.70. The number of hydrogen-bond donors (Lipinski definition) is 0. The molecule has 0 amide bonds. The molecule has 0 N–H and O–H groups in total. The van der Waals surface area contributed by atoms with Crippen molar-refractivity contribution < 1.29 is 4.74 Å². The number of nitrogens with zero attached hydrogens (tertiary/aromatic N) is 2. The van der Waals surface area contributed by atoms with Gasteiger partial charge in [0.1, 0.15) is 5.69 Å². The Morgan fingerprint density at radius 2 is 2.24 bits per heavy atom. The van der Waals surface area contributed by atoms with Gasteiger partial charge in [-0.3, -0.25) is 0 Å². The first-order valence-corrected chi connectivity index (χ1v) is 6.46. The highest BCUT2D eigenvalue weighted by Gasteiger charge is 2.10. The summed E-state index contributed by atoms with van der Waals surface area (Å²) in [5.41, 5.74) is 2.44. The van der Waals surface area contributed by atoms with Gasteiger partial charge in [0.25, 0.3) is 0 Å². The molecule has 0 bridgehead atoms. The zero-order chi connectivity index (χ0) is 12.3. The van der Waals surface area contributed by atoms with Crippen LogP contribution in [0.15, 0.2) is 30.5 Å². The van der Waals surface area contributed by atoms with E-state index in [2.05, 4.69) is 25.9 Å². The molecule has 1 heterocycles. The fourth-order valence-corrected chi connectivity index (χ4v) is 1.91. The number of benzene rings is 1. The van der Waals surface area contributed by atoms with Gasteiger partial charge < -0.3 is 4.74 Å². The summed E-state index contributed by atoms with van der Waals surface area (Å²) in [7, 11) is 1.58. The molecule has 0 atom stereocenters. The SMILES string of the molecule is COc1ncc(CBr)nc1-c1cccc(Cl)c1. The lowest BCUT2D eigenvalue weighted by Crippen LogP contribution is -1.97. The normalized spacial score (nSPS) is 10.3. The number of hydrogen-bond acceptors (Lipinski definition) is 3. The van der Waals surface area contributed by atoms with E-state index >= 15 is 0 Å².